The minimum atomic E-state index is 0.142. The smallest absolute Gasteiger partial charge is 0.150 e. The van der Waals surface area contributed by atoms with Crippen molar-refractivity contribution in [2.45, 2.75) is 11.8 Å². The number of anilines is 1. The third-order valence-corrected chi connectivity index (χ3v) is 4.98. The van der Waals surface area contributed by atoms with Crippen LogP contribution in [0.5, 0.6) is 0 Å². The highest BCUT2D eigenvalue weighted by atomic mass is 32.2. The first-order valence-corrected chi connectivity index (χ1v) is 7.78. The normalized spacial score (nSPS) is 13.2. The van der Waals surface area contributed by atoms with Crippen LogP contribution in [0.25, 0.3) is 21.8 Å². The molecule has 2 N–H and O–H groups in total. The number of benzene rings is 1. The van der Waals surface area contributed by atoms with Crippen molar-refractivity contribution in [3.63, 3.8) is 0 Å². The molecule has 3 nitrogen and oxygen atoms in total. The fraction of sp³-hybridized carbons (Fsp3) is 0.133. The molecule has 0 spiro atoms. The van der Waals surface area contributed by atoms with Gasteiger partial charge in [-0.25, -0.2) is 4.98 Å². The van der Waals surface area contributed by atoms with Gasteiger partial charge in [-0.3, -0.25) is 4.98 Å². The Hall–Kier alpha value is -1.94. The van der Waals surface area contributed by atoms with Gasteiger partial charge in [0.1, 0.15) is 5.52 Å². The summed E-state index contributed by atoms with van der Waals surface area (Å²) in [5, 5.41) is 4.37. The van der Waals surface area contributed by atoms with Crippen LogP contribution in [0.4, 0.5) is 5.82 Å². The first-order valence-electron chi connectivity index (χ1n) is 6.09. The Morgan fingerprint density at radius 2 is 2.05 bits per heavy atom. The van der Waals surface area contributed by atoms with Crippen LogP contribution in [0.2, 0.25) is 0 Å². The van der Waals surface area contributed by atoms with E-state index in [-0.39, 0.29) is 10.5 Å². The highest BCUT2D eigenvalue weighted by Gasteiger charge is 2.07. The second-order valence-corrected chi connectivity index (χ2v) is 6.43. The molecule has 3 aromatic rings. The molecule has 96 valence electrons. The Morgan fingerprint density at radius 3 is 2.84 bits per heavy atom. The molecule has 19 heavy (non-hydrogen) atoms. The van der Waals surface area contributed by atoms with E-state index in [4.69, 9.17) is 5.73 Å². The highest BCUT2D eigenvalue weighted by Crippen LogP contribution is 2.30. The summed E-state index contributed by atoms with van der Waals surface area (Å²) in [6.45, 7) is 2.08. The molecule has 2 heterocycles. The Labute approximate surface area is 114 Å². The number of nitrogens with two attached hydrogens (primary N) is 1. The number of hydrogen-bond donors (Lipinski definition) is 1. The average molecular weight is 269 g/mol. The van der Waals surface area contributed by atoms with Gasteiger partial charge in [0.05, 0.1) is 5.52 Å². The maximum Gasteiger partial charge on any atom is 0.150 e. The van der Waals surface area contributed by atoms with E-state index in [2.05, 4.69) is 46.7 Å². The van der Waals surface area contributed by atoms with Gasteiger partial charge < -0.3 is 5.73 Å². The molecule has 0 saturated heterocycles. The molecule has 3 rings (SSSR count). The monoisotopic (exact) mass is 269 g/mol. The molecule has 0 aliphatic rings. The minimum absolute atomic E-state index is 0.142. The maximum absolute atomic E-state index is 6.00. The van der Waals surface area contributed by atoms with Crippen LogP contribution in [-0.4, -0.2) is 21.6 Å². The molecule has 0 aliphatic heterocycles. The van der Waals surface area contributed by atoms with Crippen molar-refractivity contribution in [1.82, 2.24) is 9.97 Å². The standard InChI is InChI=1S/C15H15N3S/c1-3-19(2)10-6-7-11-12-5-4-8-17-14(12)15(16)18-13(11)9-10/h3-9H,1-2H3,(H2,16,18). The van der Waals surface area contributed by atoms with Crippen LogP contribution in [0.3, 0.4) is 0 Å². The Morgan fingerprint density at radius 1 is 1.21 bits per heavy atom. The first kappa shape index (κ1) is 12.1. The van der Waals surface area contributed by atoms with Gasteiger partial charge in [0.25, 0.3) is 0 Å². The summed E-state index contributed by atoms with van der Waals surface area (Å²) in [6, 6.07) is 10.4. The largest absolute Gasteiger partial charge is 0.382 e. The summed E-state index contributed by atoms with van der Waals surface area (Å²) in [7, 11) is 0.142. The summed E-state index contributed by atoms with van der Waals surface area (Å²) in [4.78, 5) is 10.1. The fourth-order valence-corrected chi connectivity index (χ4v) is 3.03. The SMILES string of the molecule is C/C=S(\C)c1ccc2c(c1)nc(N)c1ncccc12. The summed E-state index contributed by atoms with van der Waals surface area (Å²) in [6.07, 6.45) is 3.95. The van der Waals surface area contributed by atoms with Gasteiger partial charge in [0.2, 0.25) is 0 Å². The summed E-state index contributed by atoms with van der Waals surface area (Å²) in [5.74, 6) is 0.497. The third-order valence-electron chi connectivity index (χ3n) is 3.28. The van der Waals surface area contributed by atoms with Crippen LogP contribution in [0, 0.1) is 0 Å². The van der Waals surface area contributed by atoms with Crippen LogP contribution in [0.15, 0.2) is 41.4 Å². The molecule has 0 amide bonds. The number of hydrogen-bond acceptors (Lipinski definition) is 3. The quantitative estimate of drug-likeness (QED) is 0.544. The topological polar surface area (TPSA) is 51.8 Å². The van der Waals surface area contributed by atoms with Crippen molar-refractivity contribution in [3.05, 3.63) is 36.5 Å². The average Bonchev–Trinajstić information content (AvgIpc) is 2.46. The van der Waals surface area contributed by atoms with Gasteiger partial charge in [-0.2, -0.15) is 10.5 Å². The van der Waals surface area contributed by atoms with E-state index in [0.29, 0.717) is 5.82 Å². The van der Waals surface area contributed by atoms with E-state index in [1.165, 1.54) is 4.90 Å². The third kappa shape index (κ3) is 1.98. The molecule has 0 radical (unpaired) electrons. The van der Waals surface area contributed by atoms with Crippen molar-refractivity contribution in [2.24, 2.45) is 0 Å². The van der Waals surface area contributed by atoms with Gasteiger partial charge in [-0.15, -0.1) is 0 Å². The molecule has 2 aromatic heterocycles. The van der Waals surface area contributed by atoms with Crippen molar-refractivity contribution in [1.29, 1.82) is 0 Å². The number of rotatable bonds is 1. The fourth-order valence-electron chi connectivity index (χ4n) is 2.18. The molecule has 0 saturated carbocycles. The van der Waals surface area contributed by atoms with E-state index in [1.807, 2.05) is 12.1 Å². The summed E-state index contributed by atoms with van der Waals surface area (Å²) in [5.41, 5.74) is 7.72. The number of fused-ring (bicyclic) bond motifs is 3. The van der Waals surface area contributed by atoms with Gasteiger partial charge in [0, 0.05) is 21.9 Å². The second-order valence-electron chi connectivity index (χ2n) is 4.37. The van der Waals surface area contributed by atoms with E-state index >= 15 is 0 Å². The van der Waals surface area contributed by atoms with Gasteiger partial charge in [0.15, 0.2) is 5.82 Å². The lowest BCUT2D eigenvalue weighted by molar-refractivity contribution is 1.35. The zero-order valence-electron chi connectivity index (χ0n) is 10.9. The molecule has 0 fully saturated rings. The maximum atomic E-state index is 6.00. The Bertz CT molecular complexity index is 809. The molecule has 1 aromatic carbocycles. The minimum Gasteiger partial charge on any atom is -0.382 e. The predicted octanol–water partition coefficient (Wildman–Crippen LogP) is 3.44. The summed E-state index contributed by atoms with van der Waals surface area (Å²) >= 11 is 0. The van der Waals surface area contributed by atoms with E-state index in [1.54, 1.807) is 6.20 Å². The molecule has 1 unspecified atom stereocenters. The van der Waals surface area contributed by atoms with Crippen LogP contribution in [-0.2, 0) is 0 Å². The predicted molar refractivity (Wildman–Crippen MR) is 85.0 cm³/mol. The molecule has 0 aliphatic carbocycles. The second kappa shape index (κ2) is 4.63. The van der Waals surface area contributed by atoms with Crippen molar-refractivity contribution in [3.8, 4) is 0 Å². The molecular formula is C15H15N3S. The molecule has 0 bridgehead atoms. The summed E-state index contributed by atoms with van der Waals surface area (Å²) < 4.78 is 0. The van der Waals surface area contributed by atoms with Crippen LogP contribution in [0.1, 0.15) is 6.92 Å². The van der Waals surface area contributed by atoms with Crippen LogP contribution < -0.4 is 5.73 Å². The lowest BCUT2D eigenvalue weighted by atomic mass is 10.1. The lowest BCUT2D eigenvalue weighted by Gasteiger charge is -2.08. The highest BCUT2D eigenvalue weighted by molar-refractivity contribution is 8.14. The number of aromatic nitrogens is 2. The molecule has 4 heteroatoms. The van der Waals surface area contributed by atoms with Gasteiger partial charge >= 0.3 is 0 Å². The molecular weight excluding hydrogens is 254 g/mol. The van der Waals surface area contributed by atoms with Gasteiger partial charge in [-0.05, 0) is 31.4 Å². The van der Waals surface area contributed by atoms with Crippen molar-refractivity contribution < 1.29 is 0 Å². The zero-order chi connectivity index (χ0) is 13.4. The van der Waals surface area contributed by atoms with Crippen LogP contribution >= 0.6 is 10.5 Å². The van der Waals surface area contributed by atoms with Crippen molar-refractivity contribution >= 4 is 43.5 Å². The van der Waals surface area contributed by atoms with Crippen molar-refractivity contribution in [2.75, 3.05) is 12.0 Å². The number of nitrogens with zero attached hydrogens (tertiary/aromatic N) is 2. The zero-order valence-corrected chi connectivity index (χ0v) is 11.7. The Balaban J connectivity index is 2.40. The van der Waals surface area contributed by atoms with E-state index < -0.39 is 0 Å². The lowest BCUT2D eigenvalue weighted by Crippen LogP contribution is -1.95. The van der Waals surface area contributed by atoms with Gasteiger partial charge in [-0.1, -0.05) is 17.5 Å². The first-order chi connectivity index (χ1) is 9.20. The van der Waals surface area contributed by atoms with E-state index in [0.717, 1.165) is 21.8 Å². The molecule has 1 atom stereocenters. The number of nitrogen functional groups attached to an aromatic ring is 1. The van der Waals surface area contributed by atoms with E-state index in [9.17, 15) is 0 Å². The Kier molecular flexibility index (Phi) is 2.95. The number of pyridine rings is 2.